The van der Waals surface area contributed by atoms with Gasteiger partial charge in [-0.15, -0.1) is 11.3 Å². The third-order valence-electron chi connectivity index (χ3n) is 3.95. The van der Waals surface area contributed by atoms with Crippen molar-refractivity contribution in [3.8, 4) is 0 Å². The van der Waals surface area contributed by atoms with Crippen molar-refractivity contribution >= 4 is 11.3 Å². The van der Waals surface area contributed by atoms with Crippen LogP contribution in [-0.2, 0) is 11.2 Å². The highest BCUT2D eigenvalue weighted by atomic mass is 32.1. The molecule has 0 radical (unpaired) electrons. The molecule has 0 aromatic carbocycles. The number of nitrogens with two attached hydrogens (primary N) is 1. The van der Waals surface area contributed by atoms with E-state index in [2.05, 4.69) is 29.9 Å². The first-order chi connectivity index (χ1) is 8.80. The van der Waals surface area contributed by atoms with Crippen LogP contribution >= 0.6 is 11.3 Å². The zero-order valence-electron chi connectivity index (χ0n) is 11.2. The summed E-state index contributed by atoms with van der Waals surface area (Å²) in [6, 6.07) is 4.50. The highest BCUT2D eigenvalue weighted by molar-refractivity contribution is 7.09. The molecule has 0 bridgehead atoms. The van der Waals surface area contributed by atoms with Gasteiger partial charge in [-0.25, -0.2) is 0 Å². The van der Waals surface area contributed by atoms with E-state index in [1.54, 1.807) is 11.3 Å². The SMILES string of the molecule is CCOC1(C(Cc2cccs2)NN)CCCCC1. The first-order valence-electron chi connectivity index (χ1n) is 6.93. The smallest absolute Gasteiger partial charge is 0.0851 e. The second-order valence-electron chi connectivity index (χ2n) is 5.06. The average molecular weight is 268 g/mol. The Bertz CT molecular complexity index is 328. The summed E-state index contributed by atoms with van der Waals surface area (Å²) in [4.78, 5) is 1.38. The lowest BCUT2D eigenvalue weighted by molar-refractivity contribution is -0.0896. The van der Waals surface area contributed by atoms with E-state index in [-0.39, 0.29) is 11.6 Å². The molecule has 0 saturated heterocycles. The molecule has 1 fully saturated rings. The summed E-state index contributed by atoms with van der Waals surface area (Å²) in [5.41, 5.74) is 2.95. The molecule has 18 heavy (non-hydrogen) atoms. The molecule has 3 nitrogen and oxygen atoms in total. The highest BCUT2D eigenvalue weighted by Crippen LogP contribution is 2.36. The number of ether oxygens (including phenoxy) is 1. The molecule has 1 atom stereocenters. The van der Waals surface area contributed by atoms with Gasteiger partial charge in [0.2, 0.25) is 0 Å². The summed E-state index contributed by atoms with van der Waals surface area (Å²) >= 11 is 1.80. The van der Waals surface area contributed by atoms with Gasteiger partial charge >= 0.3 is 0 Å². The van der Waals surface area contributed by atoms with Crippen LogP contribution in [0.3, 0.4) is 0 Å². The van der Waals surface area contributed by atoms with Gasteiger partial charge in [0, 0.05) is 17.9 Å². The molecule has 1 saturated carbocycles. The van der Waals surface area contributed by atoms with E-state index < -0.39 is 0 Å². The molecule has 1 aromatic heterocycles. The Morgan fingerprint density at radius 3 is 2.78 bits per heavy atom. The maximum absolute atomic E-state index is 6.13. The Hall–Kier alpha value is -0.420. The van der Waals surface area contributed by atoms with Crippen molar-refractivity contribution in [3.05, 3.63) is 22.4 Å². The van der Waals surface area contributed by atoms with Crippen molar-refractivity contribution in [2.45, 2.75) is 57.1 Å². The van der Waals surface area contributed by atoms with E-state index in [0.29, 0.717) is 0 Å². The van der Waals surface area contributed by atoms with Crippen LogP contribution in [0.4, 0.5) is 0 Å². The number of hydrogen-bond acceptors (Lipinski definition) is 4. The van der Waals surface area contributed by atoms with E-state index in [1.807, 2.05) is 0 Å². The monoisotopic (exact) mass is 268 g/mol. The summed E-state index contributed by atoms with van der Waals surface area (Å²) in [5, 5.41) is 2.12. The molecular formula is C14H24N2OS. The average Bonchev–Trinajstić information content (AvgIpc) is 2.90. The number of hydrogen-bond donors (Lipinski definition) is 2. The minimum Gasteiger partial charge on any atom is -0.374 e. The second kappa shape index (κ2) is 6.66. The van der Waals surface area contributed by atoms with E-state index in [0.717, 1.165) is 25.9 Å². The van der Waals surface area contributed by atoms with Crippen LogP contribution in [0.25, 0.3) is 0 Å². The second-order valence-corrected chi connectivity index (χ2v) is 6.09. The van der Waals surface area contributed by atoms with Crippen LogP contribution in [-0.4, -0.2) is 18.2 Å². The van der Waals surface area contributed by atoms with Gasteiger partial charge in [0.25, 0.3) is 0 Å². The van der Waals surface area contributed by atoms with Crippen molar-refractivity contribution in [2.24, 2.45) is 5.84 Å². The standard InChI is InChI=1S/C14H24N2OS/c1-2-17-14(8-4-3-5-9-14)13(16-15)11-12-7-6-10-18-12/h6-7,10,13,16H,2-5,8-9,11,15H2,1H3. The summed E-state index contributed by atoms with van der Waals surface area (Å²) in [5.74, 6) is 5.81. The molecule has 2 rings (SSSR count). The molecule has 3 N–H and O–H groups in total. The maximum Gasteiger partial charge on any atom is 0.0851 e. The molecule has 1 aliphatic carbocycles. The molecule has 0 amide bonds. The third kappa shape index (κ3) is 3.12. The molecular weight excluding hydrogens is 244 g/mol. The molecule has 102 valence electrons. The van der Waals surface area contributed by atoms with Gasteiger partial charge in [-0.05, 0) is 31.2 Å². The molecule has 1 heterocycles. The van der Waals surface area contributed by atoms with Gasteiger partial charge in [-0.1, -0.05) is 25.3 Å². The lowest BCUT2D eigenvalue weighted by Crippen LogP contribution is -2.56. The van der Waals surface area contributed by atoms with Crippen LogP contribution in [0.2, 0.25) is 0 Å². The predicted molar refractivity (Wildman–Crippen MR) is 76.6 cm³/mol. The largest absolute Gasteiger partial charge is 0.374 e. The first kappa shape index (κ1) is 14.0. The van der Waals surface area contributed by atoms with Gasteiger partial charge in [0.1, 0.15) is 0 Å². The third-order valence-corrected chi connectivity index (χ3v) is 4.85. The van der Waals surface area contributed by atoms with Gasteiger partial charge in [0.15, 0.2) is 0 Å². The van der Waals surface area contributed by atoms with E-state index in [4.69, 9.17) is 10.6 Å². The van der Waals surface area contributed by atoms with Crippen LogP contribution < -0.4 is 11.3 Å². The van der Waals surface area contributed by atoms with Gasteiger partial charge in [0.05, 0.1) is 11.6 Å². The fraction of sp³-hybridized carbons (Fsp3) is 0.714. The minimum atomic E-state index is -0.0637. The molecule has 0 aliphatic heterocycles. The van der Waals surface area contributed by atoms with Crippen molar-refractivity contribution in [2.75, 3.05) is 6.61 Å². The van der Waals surface area contributed by atoms with Gasteiger partial charge in [-0.3, -0.25) is 11.3 Å². The molecule has 1 aromatic rings. The number of nitrogens with one attached hydrogen (secondary N) is 1. The van der Waals surface area contributed by atoms with Crippen LogP contribution in [0, 0.1) is 0 Å². The van der Waals surface area contributed by atoms with Crippen molar-refractivity contribution in [1.82, 2.24) is 5.43 Å². The van der Waals surface area contributed by atoms with E-state index in [9.17, 15) is 0 Å². The van der Waals surface area contributed by atoms with E-state index in [1.165, 1.54) is 24.1 Å². The van der Waals surface area contributed by atoms with Crippen molar-refractivity contribution in [1.29, 1.82) is 0 Å². The first-order valence-corrected chi connectivity index (χ1v) is 7.81. The quantitative estimate of drug-likeness (QED) is 0.616. The maximum atomic E-state index is 6.13. The highest BCUT2D eigenvalue weighted by Gasteiger charge is 2.40. The minimum absolute atomic E-state index is 0.0637. The molecule has 0 spiro atoms. The summed E-state index contributed by atoms with van der Waals surface area (Å²) < 4.78 is 6.13. The molecule has 4 heteroatoms. The summed E-state index contributed by atoms with van der Waals surface area (Å²) in [6.45, 7) is 2.84. The van der Waals surface area contributed by atoms with E-state index >= 15 is 0 Å². The normalized spacial score (nSPS) is 20.8. The fourth-order valence-electron chi connectivity index (χ4n) is 3.06. The summed E-state index contributed by atoms with van der Waals surface area (Å²) in [7, 11) is 0. The van der Waals surface area contributed by atoms with Crippen LogP contribution in [0.5, 0.6) is 0 Å². The number of rotatable bonds is 6. The van der Waals surface area contributed by atoms with Gasteiger partial charge < -0.3 is 4.74 Å². The Balaban J connectivity index is 2.10. The predicted octanol–water partition coefficient (Wildman–Crippen LogP) is 2.86. The van der Waals surface area contributed by atoms with Crippen molar-refractivity contribution in [3.63, 3.8) is 0 Å². The van der Waals surface area contributed by atoms with Crippen LogP contribution in [0.1, 0.15) is 43.9 Å². The Morgan fingerprint density at radius 2 is 2.22 bits per heavy atom. The summed E-state index contributed by atoms with van der Waals surface area (Å²) in [6.07, 6.45) is 7.05. The fourth-order valence-corrected chi connectivity index (χ4v) is 3.81. The van der Waals surface area contributed by atoms with Crippen molar-refractivity contribution < 1.29 is 4.74 Å². The number of thiophene rings is 1. The lowest BCUT2D eigenvalue weighted by atomic mass is 9.78. The zero-order chi connectivity index (χ0) is 12.8. The zero-order valence-corrected chi connectivity index (χ0v) is 12.0. The Labute approximate surface area is 114 Å². The number of hydrazine groups is 1. The topological polar surface area (TPSA) is 47.3 Å². The Kier molecular flexibility index (Phi) is 5.18. The lowest BCUT2D eigenvalue weighted by Gasteiger charge is -2.43. The Morgan fingerprint density at radius 1 is 1.44 bits per heavy atom. The molecule has 1 aliphatic rings. The van der Waals surface area contributed by atoms with Gasteiger partial charge in [-0.2, -0.15) is 0 Å². The molecule has 1 unspecified atom stereocenters. The van der Waals surface area contributed by atoms with Crippen LogP contribution in [0.15, 0.2) is 17.5 Å².